The van der Waals surface area contributed by atoms with E-state index >= 15 is 0 Å². The number of benzene rings is 2. The van der Waals surface area contributed by atoms with E-state index in [1.54, 1.807) is 0 Å². The molecule has 0 radical (unpaired) electrons. The number of carbonyl (C=O) groups is 1. The summed E-state index contributed by atoms with van der Waals surface area (Å²) in [6.07, 6.45) is 3.79. The summed E-state index contributed by atoms with van der Waals surface area (Å²) in [4.78, 5) is 13.2. The summed E-state index contributed by atoms with van der Waals surface area (Å²) in [6, 6.07) is 24.0. The Kier molecular flexibility index (Phi) is 6.69. The molecular formula is C24H24N4OS. The third kappa shape index (κ3) is 5.23. The number of rotatable bonds is 9. The zero-order valence-electron chi connectivity index (χ0n) is 16.6. The first kappa shape index (κ1) is 20.1. The van der Waals surface area contributed by atoms with Crippen LogP contribution in [0, 0.1) is 0 Å². The molecule has 4 aromatic rings. The number of nitrogens with one attached hydrogen (secondary N) is 2. The van der Waals surface area contributed by atoms with Gasteiger partial charge in [0.2, 0.25) is 0 Å². The van der Waals surface area contributed by atoms with Gasteiger partial charge in [-0.2, -0.15) is 0 Å². The molecule has 30 heavy (non-hydrogen) atoms. The van der Waals surface area contributed by atoms with Crippen LogP contribution >= 0.6 is 11.3 Å². The number of thiophene rings is 1. The lowest BCUT2D eigenvalue weighted by molar-refractivity contribution is 0.103. The van der Waals surface area contributed by atoms with Crippen molar-refractivity contribution in [2.75, 3.05) is 11.9 Å². The molecule has 0 saturated heterocycles. The van der Waals surface area contributed by atoms with Gasteiger partial charge < -0.3 is 10.6 Å². The lowest BCUT2D eigenvalue weighted by Gasteiger charge is -2.06. The molecule has 1 amide bonds. The van der Waals surface area contributed by atoms with Gasteiger partial charge in [0.15, 0.2) is 5.82 Å². The first-order valence-electron chi connectivity index (χ1n) is 10.0. The predicted octanol–water partition coefficient (Wildman–Crippen LogP) is 4.91. The fraction of sp³-hybridized carbons (Fsp3) is 0.167. The molecule has 0 bridgehead atoms. The van der Waals surface area contributed by atoms with Gasteiger partial charge in [-0.05, 0) is 48.5 Å². The minimum Gasteiger partial charge on any atom is -0.313 e. The molecule has 6 heteroatoms. The maximum absolute atomic E-state index is 12.5. The molecule has 0 spiro atoms. The van der Waals surface area contributed by atoms with Crippen LogP contribution in [-0.2, 0) is 13.0 Å². The first-order valence-corrected chi connectivity index (χ1v) is 10.9. The van der Waals surface area contributed by atoms with E-state index in [-0.39, 0.29) is 5.91 Å². The van der Waals surface area contributed by atoms with Crippen LogP contribution < -0.4 is 10.6 Å². The number of amides is 1. The Hall–Kier alpha value is -3.22. The Morgan fingerprint density at radius 3 is 2.47 bits per heavy atom. The van der Waals surface area contributed by atoms with E-state index in [0.29, 0.717) is 10.7 Å². The van der Waals surface area contributed by atoms with Crippen molar-refractivity contribution >= 4 is 23.1 Å². The van der Waals surface area contributed by atoms with Crippen molar-refractivity contribution in [3.05, 3.63) is 100 Å². The Bertz CT molecular complexity index is 1060. The molecule has 0 saturated carbocycles. The van der Waals surface area contributed by atoms with Crippen LogP contribution in [0.3, 0.4) is 0 Å². The number of hydrogen-bond acceptors (Lipinski definition) is 4. The zero-order chi connectivity index (χ0) is 20.6. The Morgan fingerprint density at radius 2 is 1.73 bits per heavy atom. The standard InChI is InChI=1S/C24H24N4OS/c29-24(22-14-8-16-30-22)26-23-20(18-28(27-23)21-12-5-2-6-13-21)11-7-15-25-17-19-9-3-1-4-10-19/h1-6,8-10,12-14,16,18,25H,7,11,15,17H2,(H,26,27,29). The van der Waals surface area contributed by atoms with E-state index in [9.17, 15) is 4.79 Å². The van der Waals surface area contributed by atoms with Crippen molar-refractivity contribution in [1.29, 1.82) is 0 Å². The molecule has 0 unspecified atom stereocenters. The fourth-order valence-electron chi connectivity index (χ4n) is 3.22. The average Bonchev–Trinajstić information content (AvgIpc) is 3.46. The molecule has 2 aromatic heterocycles. The number of carbonyl (C=O) groups excluding carboxylic acids is 1. The van der Waals surface area contributed by atoms with Gasteiger partial charge in [0.25, 0.3) is 5.91 Å². The molecule has 4 rings (SSSR count). The summed E-state index contributed by atoms with van der Waals surface area (Å²) in [5, 5.41) is 13.0. The predicted molar refractivity (Wildman–Crippen MR) is 122 cm³/mol. The van der Waals surface area contributed by atoms with E-state index < -0.39 is 0 Å². The number of aryl methyl sites for hydroxylation is 1. The van der Waals surface area contributed by atoms with Gasteiger partial charge in [0.1, 0.15) is 0 Å². The maximum atomic E-state index is 12.5. The van der Waals surface area contributed by atoms with Crippen LogP contribution in [0.2, 0.25) is 0 Å². The Balaban J connectivity index is 1.42. The first-order chi connectivity index (χ1) is 14.8. The van der Waals surface area contributed by atoms with E-state index in [1.165, 1.54) is 16.9 Å². The van der Waals surface area contributed by atoms with E-state index in [0.717, 1.165) is 37.2 Å². The molecule has 2 heterocycles. The highest BCUT2D eigenvalue weighted by Gasteiger charge is 2.14. The molecule has 152 valence electrons. The summed E-state index contributed by atoms with van der Waals surface area (Å²) in [7, 11) is 0. The summed E-state index contributed by atoms with van der Waals surface area (Å²) >= 11 is 1.43. The van der Waals surface area contributed by atoms with Crippen molar-refractivity contribution in [3.8, 4) is 5.69 Å². The van der Waals surface area contributed by atoms with Crippen molar-refractivity contribution in [1.82, 2.24) is 15.1 Å². The van der Waals surface area contributed by atoms with Gasteiger partial charge in [-0.3, -0.25) is 4.79 Å². The van der Waals surface area contributed by atoms with Gasteiger partial charge in [-0.25, -0.2) is 4.68 Å². The van der Waals surface area contributed by atoms with E-state index in [1.807, 2.05) is 64.8 Å². The minimum absolute atomic E-state index is 0.119. The maximum Gasteiger partial charge on any atom is 0.266 e. The molecule has 5 nitrogen and oxygen atoms in total. The Labute approximate surface area is 180 Å². The van der Waals surface area contributed by atoms with Crippen LogP contribution in [0.5, 0.6) is 0 Å². The fourth-order valence-corrected chi connectivity index (χ4v) is 3.84. The number of anilines is 1. The third-order valence-corrected chi connectivity index (χ3v) is 5.63. The van der Waals surface area contributed by atoms with Crippen LogP contribution in [0.1, 0.15) is 27.2 Å². The van der Waals surface area contributed by atoms with Crippen molar-refractivity contribution < 1.29 is 4.79 Å². The molecule has 0 aliphatic heterocycles. The van der Waals surface area contributed by atoms with Crippen molar-refractivity contribution in [2.45, 2.75) is 19.4 Å². The smallest absolute Gasteiger partial charge is 0.266 e. The third-order valence-electron chi connectivity index (χ3n) is 4.76. The second kappa shape index (κ2) is 10.0. The molecule has 0 fully saturated rings. The van der Waals surface area contributed by atoms with E-state index in [2.05, 4.69) is 40.0 Å². The van der Waals surface area contributed by atoms with E-state index in [4.69, 9.17) is 0 Å². The van der Waals surface area contributed by atoms with Crippen LogP contribution in [0.4, 0.5) is 5.82 Å². The van der Waals surface area contributed by atoms with Gasteiger partial charge in [0, 0.05) is 18.3 Å². The summed E-state index contributed by atoms with van der Waals surface area (Å²) in [6.45, 7) is 1.75. The van der Waals surface area contributed by atoms with Gasteiger partial charge >= 0.3 is 0 Å². The molecule has 0 atom stereocenters. The Morgan fingerprint density at radius 1 is 0.967 bits per heavy atom. The summed E-state index contributed by atoms with van der Waals surface area (Å²) in [5.41, 5.74) is 3.28. The molecule has 2 N–H and O–H groups in total. The molecular weight excluding hydrogens is 392 g/mol. The zero-order valence-corrected chi connectivity index (χ0v) is 17.4. The molecule has 0 aliphatic rings. The summed E-state index contributed by atoms with van der Waals surface area (Å²) < 4.78 is 1.83. The van der Waals surface area contributed by atoms with Crippen molar-refractivity contribution in [3.63, 3.8) is 0 Å². The monoisotopic (exact) mass is 416 g/mol. The van der Waals surface area contributed by atoms with Crippen LogP contribution in [0.25, 0.3) is 5.69 Å². The van der Waals surface area contributed by atoms with Gasteiger partial charge in [-0.15, -0.1) is 16.4 Å². The summed E-state index contributed by atoms with van der Waals surface area (Å²) in [5.74, 6) is 0.507. The van der Waals surface area contributed by atoms with Crippen LogP contribution in [-0.4, -0.2) is 22.2 Å². The normalized spacial score (nSPS) is 10.8. The van der Waals surface area contributed by atoms with Crippen LogP contribution in [0.15, 0.2) is 84.4 Å². The number of hydrogen-bond donors (Lipinski definition) is 2. The average molecular weight is 417 g/mol. The second-order valence-electron chi connectivity index (χ2n) is 6.98. The van der Waals surface area contributed by atoms with Crippen molar-refractivity contribution in [2.24, 2.45) is 0 Å². The highest BCUT2D eigenvalue weighted by atomic mass is 32.1. The lowest BCUT2D eigenvalue weighted by Crippen LogP contribution is -2.16. The topological polar surface area (TPSA) is 59.0 Å². The SMILES string of the molecule is O=C(Nc1nn(-c2ccccc2)cc1CCCNCc1ccccc1)c1cccs1. The highest BCUT2D eigenvalue weighted by Crippen LogP contribution is 2.20. The quantitative estimate of drug-likeness (QED) is 0.381. The number of nitrogens with zero attached hydrogens (tertiary/aromatic N) is 2. The van der Waals surface area contributed by atoms with Gasteiger partial charge in [0.05, 0.1) is 10.6 Å². The molecule has 2 aromatic carbocycles. The van der Waals surface area contributed by atoms with Gasteiger partial charge in [-0.1, -0.05) is 54.6 Å². The number of para-hydroxylation sites is 1. The largest absolute Gasteiger partial charge is 0.313 e. The highest BCUT2D eigenvalue weighted by molar-refractivity contribution is 7.12. The lowest BCUT2D eigenvalue weighted by atomic mass is 10.1. The minimum atomic E-state index is -0.119. The second-order valence-corrected chi connectivity index (χ2v) is 7.93. The number of aromatic nitrogens is 2. The molecule has 0 aliphatic carbocycles.